The second-order valence-corrected chi connectivity index (χ2v) is 10.6. The largest absolute Gasteiger partial charge is 0.365 e. The number of para-hydroxylation sites is 1. The topological polar surface area (TPSA) is 103 Å². The number of nitrogens with one attached hydrogen (secondary N) is 1. The molecule has 1 atom stereocenters. The minimum Gasteiger partial charge on any atom is -0.365 e. The van der Waals surface area contributed by atoms with E-state index in [-0.39, 0.29) is 11.7 Å². The fourth-order valence-corrected chi connectivity index (χ4v) is 6.38. The zero-order chi connectivity index (χ0) is 22.2. The van der Waals surface area contributed by atoms with Crippen molar-refractivity contribution in [1.82, 2.24) is 14.8 Å². The number of nitrogens with zero attached hydrogens (tertiary/aromatic N) is 3. The molecule has 0 bridgehead atoms. The van der Waals surface area contributed by atoms with Gasteiger partial charge >= 0.3 is 0 Å². The zero-order valence-electron chi connectivity index (χ0n) is 17.8. The first-order valence-electron chi connectivity index (χ1n) is 10.9. The molecule has 1 fully saturated rings. The van der Waals surface area contributed by atoms with Crippen LogP contribution in [0.3, 0.4) is 0 Å². The maximum atomic E-state index is 12.8. The van der Waals surface area contributed by atoms with E-state index in [4.69, 9.17) is 5.73 Å². The summed E-state index contributed by atoms with van der Waals surface area (Å²) in [7, 11) is 0. The van der Waals surface area contributed by atoms with Crippen molar-refractivity contribution in [2.75, 3.05) is 11.1 Å². The Hall–Kier alpha value is -2.65. The molecule has 0 saturated heterocycles. The van der Waals surface area contributed by atoms with Crippen molar-refractivity contribution >= 4 is 39.9 Å². The molecule has 0 radical (unpaired) electrons. The Kier molecular flexibility index (Phi) is 5.77. The fourth-order valence-electron chi connectivity index (χ4n) is 4.19. The molecule has 166 valence electrons. The predicted octanol–water partition coefficient (Wildman–Crippen LogP) is 4.16. The van der Waals surface area contributed by atoms with Gasteiger partial charge in [0, 0.05) is 16.5 Å². The van der Waals surface area contributed by atoms with E-state index in [1.807, 2.05) is 30.3 Å². The second kappa shape index (κ2) is 8.71. The van der Waals surface area contributed by atoms with Gasteiger partial charge in [0.1, 0.15) is 10.8 Å². The van der Waals surface area contributed by atoms with Crippen LogP contribution in [-0.4, -0.2) is 32.3 Å². The number of aromatic nitrogens is 3. The number of benzene rings is 1. The van der Waals surface area contributed by atoms with Crippen molar-refractivity contribution < 1.29 is 9.59 Å². The highest BCUT2D eigenvalue weighted by molar-refractivity contribution is 7.99. The number of rotatable bonds is 7. The summed E-state index contributed by atoms with van der Waals surface area (Å²) in [4.78, 5) is 26.1. The first-order valence-corrected chi connectivity index (χ1v) is 12.7. The van der Waals surface area contributed by atoms with Crippen molar-refractivity contribution in [3.8, 4) is 5.69 Å². The number of anilines is 1. The average Bonchev–Trinajstić information content (AvgIpc) is 3.43. The lowest BCUT2D eigenvalue weighted by Crippen LogP contribution is -2.20. The van der Waals surface area contributed by atoms with Crippen LogP contribution >= 0.6 is 23.1 Å². The molecule has 3 aromatic rings. The molecule has 0 unspecified atom stereocenters. The maximum absolute atomic E-state index is 12.8. The predicted molar refractivity (Wildman–Crippen MR) is 127 cm³/mol. The highest BCUT2D eigenvalue weighted by Gasteiger charge is 2.31. The van der Waals surface area contributed by atoms with E-state index >= 15 is 0 Å². The first kappa shape index (κ1) is 21.2. The first-order chi connectivity index (χ1) is 15.5. The molecular formula is C23H25N5O2S2. The van der Waals surface area contributed by atoms with Gasteiger partial charge in [-0.05, 0) is 55.7 Å². The summed E-state index contributed by atoms with van der Waals surface area (Å²) in [5, 5.41) is 13.0. The Morgan fingerprint density at radius 1 is 1.22 bits per heavy atom. The van der Waals surface area contributed by atoms with Crippen LogP contribution in [0, 0.1) is 5.92 Å². The van der Waals surface area contributed by atoms with Crippen LogP contribution in [-0.2, 0) is 17.6 Å². The van der Waals surface area contributed by atoms with Crippen molar-refractivity contribution in [2.24, 2.45) is 11.7 Å². The van der Waals surface area contributed by atoms with Crippen molar-refractivity contribution in [3.05, 3.63) is 52.2 Å². The van der Waals surface area contributed by atoms with E-state index in [9.17, 15) is 9.59 Å². The number of amides is 2. The molecule has 2 aliphatic carbocycles. The van der Waals surface area contributed by atoms with Gasteiger partial charge in [0.2, 0.25) is 5.91 Å². The van der Waals surface area contributed by atoms with Gasteiger partial charge in [-0.25, -0.2) is 0 Å². The van der Waals surface area contributed by atoms with E-state index in [0.29, 0.717) is 27.6 Å². The Balaban J connectivity index is 1.33. The molecule has 0 aliphatic heterocycles. The third kappa shape index (κ3) is 4.19. The van der Waals surface area contributed by atoms with Crippen LogP contribution in [0.4, 0.5) is 5.00 Å². The summed E-state index contributed by atoms with van der Waals surface area (Å²) >= 11 is 2.84. The molecule has 1 saturated carbocycles. The van der Waals surface area contributed by atoms with Gasteiger partial charge in [0.25, 0.3) is 5.91 Å². The Morgan fingerprint density at radius 2 is 2.00 bits per heavy atom. The number of thiophene rings is 1. The number of carbonyl (C=O) groups is 2. The summed E-state index contributed by atoms with van der Waals surface area (Å²) in [5.41, 5.74) is 8.17. The van der Waals surface area contributed by atoms with E-state index in [2.05, 4.69) is 27.0 Å². The Bertz CT molecular complexity index is 1170. The van der Waals surface area contributed by atoms with Gasteiger partial charge in [-0.3, -0.25) is 14.2 Å². The lowest BCUT2D eigenvalue weighted by molar-refractivity contribution is -0.113. The minimum absolute atomic E-state index is 0.173. The number of hydrogen-bond donors (Lipinski definition) is 2. The third-order valence-corrected chi connectivity index (χ3v) is 8.06. The quantitative estimate of drug-likeness (QED) is 0.508. The van der Waals surface area contributed by atoms with E-state index in [0.717, 1.165) is 49.2 Å². The van der Waals surface area contributed by atoms with Gasteiger partial charge in [-0.15, -0.1) is 21.5 Å². The summed E-state index contributed by atoms with van der Waals surface area (Å²) in [5.74, 6) is 1.48. The highest BCUT2D eigenvalue weighted by atomic mass is 32.2. The minimum atomic E-state index is -0.474. The lowest BCUT2D eigenvalue weighted by atomic mass is 9.88. The van der Waals surface area contributed by atoms with Crippen LogP contribution in [0.5, 0.6) is 0 Å². The monoisotopic (exact) mass is 467 g/mol. The summed E-state index contributed by atoms with van der Waals surface area (Å²) in [6.07, 6.45) is 5.03. The van der Waals surface area contributed by atoms with Crippen molar-refractivity contribution in [1.29, 1.82) is 0 Å². The highest BCUT2D eigenvalue weighted by Crippen LogP contribution is 2.41. The number of thioether (sulfide) groups is 1. The third-order valence-electron chi connectivity index (χ3n) is 5.96. The van der Waals surface area contributed by atoms with Crippen LogP contribution < -0.4 is 11.1 Å². The lowest BCUT2D eigenvalue weighted by Gasteiger charge is -2.18. The average molecular weight is 468 g/mol. The number of hydrogen-bond acceptors (Lipinski definition) is 6. The van der Waals surface area contributed by atoms with Crippen LogP contribution in [0.2, 0.25) is 0 Å². The molecule has 0 spiro atoms. The number of primary amides is 1. The molecule has 2 heterocycles. The van der Waals surface area contributed by atoms with Gasteiger partial charge in [-0.2, -0.15) is 0 Å². The molecule has 2 amide bonds. The number of carbonyl (C=O) groups excluding carboxylic acids is 2. The molecule has 2 aliphatic rings. The molecule has 32 heavy (non-hydrogen) atoms. The standard InChI is InChI=1S/C23H25N5O2S2/c1-13-7-10-16-17(11-13)32-22(19(16)20(24)30)25-18(29)12-31-23-27-26-21(14-8-9-14)28(23)15-5-3-2-4-6-15/h2-6,13-14H,7-12H2,1H3,(H2,24,30)(H,25,29)/t13-/m0/s1. The molecule has 1 aromatic carbocycles. The molecule has 5 rings (SSSR count). The van der Waals surface area contributed by atoms with Crippen LogP contribution in [0.15, 0.2) is 35.5 Å². The fraction of sp³-hybridized carbons (Fsp3) is 0.391. The Morgan fingerprint density at radius 3 is 2.72 bits per heavy atom. The van der Waals surface area contributed by atoms with Gasteiger partial charge in [-0.1, -0.05) is 36.9 Å². The van der Waals surface area contributed by atoms with Crippen LogP contribution in [0.25, 0.3) is 5.69 Å². The van der Waals surface area contributed by atoms with E-state index in [1.54, 1.807) is 0 Å². The Labute approximate surface area is 194 Å². The SMILES string of the molecule is C[C@H]1CCc2c(sc(NC(=O)CSc3nnc(C4CC4)n3-c3ccccc3)c2C(N)=O)C1. The smallest absolute Gasteiger partial charge is 0.251 e. The summed E-state index contributed by atoms with van der Waals surface area (Å²) < 4.78 is 2.05. The van der Waals surface area contributed by atoms with Gasteiger partial charge in [0.15, 0.2) is 5.16 Å². The molecule has 9 heteroatoms. The van der Waals surface area contributed by atoms with Gasteiger partial charge < -0.3 is 11.1 Å². The normalized spacial score (nSPS) is 17.7. The molecule has 3 N–H and O–H groups in total. The van der Waals surface area contributed by atoms with Crippen molar-refractivity contribution in [2.45, 2.75) is 50.1 Å². The van der Waals surface area contributed by atoms with E-state index < -0.39 is 5.91 Å². The summed E-state index contributed by atoms with van der Waals surface area (Å²) in [6, 6.07) is 9.99. The number of fused-ring (bicyclic) bond motifs is 1. The molecule has 2 aromatic heterocycles. The zero-order valence-corrected chi connectivity index (χ0v) is 19.5. The van der Waals surface area contributed by atoms with Gasteiger partial charge in [0.05, 0.1) is 11.3 Å². The summed E-state index contributed by atoms with van der Waals surface area (Å²) in [6.45, 7) is 2.21. The van der Waals surface area contributed by atoms with E-state index in [1.165, 1.54) is 28.0 Å². The second-order valence-electron chi connectivity index (χ2n) is 8.54. The maximum Gasteiger partial charge on any atom is 0.251 e. The van der Waals surface area contributed by atoms with Crippen LogP contribution in [0.1, 0.15) is 58.7 Å². The van der Waals surface area contributed by atoms with Crippen molar-refractivity contribution in [3.63, 3.8) is 0 Å². The molecular weight excluding hydrogens is 442 g/mol. The molecule has 7 nitrogen and oxygen atoms in total. The number of nitrogens with two attached hydrogens (primary N) is 1.